The molecule has 0 radical (unpaired) electrons. The predicted octanol–water partition coefficient (Wildman–Crippen LogP) is 3.90. The van der Waals surface area contributed by atoms with E-state index in [4.69, 9.17) is 9.15 Å². The van der Waals surface area contributed by atoms with Gasteiger partial charge >= 0.3 is 5.97 Å². The van der Waals surface area contributed by atoms with Crippen LogP contribution < -0.4 is 10.9 Å². The second-order valence-electron chi connectivity index (χ2n) is 8.65. The maximum atomic E-state index is 13.1. The van der Waals surface area contributed by atoms with E-state index in [0.29, 0.717) is 36.0 Å². The third-order valence-electron chi connectivity index (χ3n) is 5.04. The Kier molecular flexibility index (Phi) is 5.39. The zero-order chi connectivity index (χ0) is 22.2. The fourth-order valence-electron chi connectivity index (χ4n) is 3.60. The highest BCUT2D eigenvalue weighted by atomic mass is 16.6. The number of aromatic nitrogens is 3. The Bertz CT molecular complexity index is 1140. The van der Waals surface area contributed by atoms with Gasteiger partial charge in [0.15, 0.2) is 0 Å². The van der Waals surface area contributed by atoms with Gasteiger partial charge in [-0.2, -0.15) is 0 Å². The van der Waals surface area contributed by atoms with Crippen LogP contribution in [0.1, 0.15) is 57.8 Å². The molecule has 1 N–H and O–H groups in total. The Morgan fingerprint density at radius 3 is 2.68 bits per heavy atom. The van der Waals surface area contributed by atoms with E-state index in [9.17, 15) is 9.59 Å². The van der Waals surface area contributed by atoms with Crippen molar-refractivity contribution in [1.82, 2.24) is 14.5 Å². The summed E-state index contributed by atoms with van der Waals surface area (Å²) in [5, 5.41) is 3.15. The van der Waals surface area contributed by atoms with E-state index >= 15 is 0 Å². The molecule has 3 aromatic rings. The van der Waals surface area contributed by atoms with Crippen LogP contribution in [-0.4, -0.2) is 26.1 Å². The number of rotatable bonds is 5. The molecule has 3 heterocycles. The second kappa shape index (κ2) is 8.02. The van der Waals surface area contributed by atoms with E-state index in [-0.39, 0.29) is 11.6 Å². The van der Waals surface area contributed by atoms with Crippen LogP contribution >= 0.6 is 0 Å². The number of hydrogen-bond donors (Lipinski definition) is 1. The molecule has 0 saturated carbocycles. The van der Waals surface area contributed by atoms with Crippen LogP contribution in [-0.2, 0) is 16.0 Å². The van der Waals surface area contributed by atoms with Crippen molar-refractivity contribution >= 4 is 11.7 Å². The number of nitrogens with one attached hydrogen (secondary N) is 1. The molecule has 0 spiro atoms. The van der Waals surface area contributed by atoms with Crippen LogP contribution in [0, 0.1) is 0 Å². The molecule has 162 valence electrons. The molecular weight excluding hydrogens is 396 g/mol. The van der Waals surface area contributed by atoms with Gasteiger partial charge in [-0.1, -0.05) is 18.2 Å². The summed E-state index contributed by atoms with van der Waals surface area (Å²) in [6.07, 6.45) is 4.20. The first-order chi connectivity index (χ1) is 14.7. The molecule has 0 aliphatic carbocycles. The fourth-order valence-corrected chi connectivity index (χ4v) is 3.60. The first-order valence-electron chi connectivity index (χ1n) is 10.3. The Balaban J connectivity index is 1.55. The topological polar surface area (TPSA) is 99.2 Å². The van der Waals surface area contributed by atoms with Crippen molar-refractivity contribution in [1.29, 1.82) is 0 Å². The highest BCUT2D eigenvalue weighted by Gasteiger charge is 2.34. The quantitative estimate of drug-likeness (QED) is 0.623. The molecule has 0 saturated heterocycles. The van der Waals surface area contributed by atoms with Gasteiger partial charge in [-0.3, -0.25) is 9.36 Å². The number of fused-ring (bicyclic) bond motifs is 1. The summed E-state index contributed by atoms with van der Waals surface area (Å²) in [7, 11) is 0. The van der Waals surface area contributed by atoms with E-state index in [0.717, 1.165) is 5.56 Å². The second-order valence-corrected chi connectivity index (χ2v) is 8.65. The standard InChI is InChI=1S/C23H26N4O4/c1-14(18-13-25-20(30-18)15-8-6-5-7-9-15)26-16-12-24-19-11-10-17(27(19)21(16)28)22(29)31-23(2,3)4/h5-9,12-14,17,26H,10-11H2,1-4H3/t14-,17+/m1/s1. The number of carbonyl (C=O) groups is 1. The van der Waals surface area contributed by atoms with Gasteiger partial charge in [0.25, 0.3) is 5.56 Å². The molecule has 1 aromatic carbocycles. The van der Waals surface area contributed by atoms with Crippen molar-refractivity contribution in [2.24, 2.45) is 0 Å². The normalized spacial score (nSPS) is 16.6. The largest absolute Gasteiger partial charge is 0.458 e. The maximum absolute atomic E-state index is 13.1. The summed E-state index contributed by atoms with van der Waals surface area (Å²) in [6, 6.07) is 8.61. The number of oxazole rings is 1. The van der Waals surface area contributed by atoms with E-state index in [1.807, 2.05) is 58.0 Å². The number of ether oxygens (including phenoxy) is 1. The minimum absolute atomic E-state index is 0.296. The Morgan fingerprint density at radius 1 is 1.23 bits per heavy atom. The number of esters is 1. The smallest absolute Gasteiger partial charge is 0.329 e. The Hall–Kier alpha value is -3.42. The molecule has 0 bridgehead atoms. The van der Waals surface area contributed by atoms with Gasteiger partial charge in [0.1, 0.15) is 28.9 Å². The number of carbonyl (C=O) groups excluding carboxylic acids is 1. The van der Waals surface area contributed by atoms with E-state index < -0.39 is 17.6 Å². The first kappa shape index (κ1) is 20.8. The van der Waals surface area contributed by atoms with Gasteiger partial charge in [0.05, 0.1) is 18.4 Å². The van der Waals surface area contributed by atoms with Crippen molar-refractivity contribution in [3.63, 3.8) is 0 Å². The van der Waals surface area contributed by atoms with Crippen LogP contribution in [0.25, 0.3) is 11.5 Å². The van der Waals surface area contributed by atoms with Gasteiger partial charge < -0.3 is 14.5 Å². The van der Waals surface area contributed by atoms with Crippen molar-refractivity contribution in [2.75, 3.05) is 5.32 Å². The number of nitrogens with zero attached hydrogens (tertiary/aromatic N) is 3. The zero-order valence-corrected chi connectivity index (χ0v) is 18.1. The Morgan fingerprint density at radius 2 is 1.97 bits per heavy atom. The molecule has 4 rings (SSSR count). The van der Waals surface area contributed by atoms with Crippen LogP contribution in [0.3, 0.4) is 0 Å². The number of anilines is 1. The predicted molar refractivity (Wildman–Crippen MR) is 116 cm³/mol. The number of hydrogen-bond acceptors (Lipinski definition) is 7. The molecule has 1 aliphatic heterocycles. The van der Waals surface area contributed by atoms with Crippen LogP contribution in [0.2, 0.25) is 0 Å². The summed E-state index contributed by atoms with van der Waals surface area (Å²) in [6.45, 7) is 7.30. The third-order valence-corrected chi connectivity index (χ3v) is 5.04. The van der Waals surface area contributed by atoms with Gasteiger partial charge in [-0.15, -0.1) is 0 Å². The monoisotopic (exact) mass is 422 g/mol. The molecule has 2 aromatic heterocycles. The summed E-state index contributed by atoms with van der Waals surface area (Å²) in [4.78, 5) is 34.5. The fraction of sp³-hybridized carbons (Fsp3) is 0.391. The molecule has 2 atom stereocenters. The third kappa shape index (κ3) is 4.38. The van der Waals surface area contributed by atoms with E-state index in [1.54, 1.807) is 6.20 Å². The highest BCUT2D eigenvalue weighted by molar-refractivity contribution is 5.75. The van der Waals surface area contributed by atoms with Gasteiger partial charge in [-0.05, 0) is 46.2 Å². The van der Waals surface area contributed by atoms with Crippen molar-refractivity contribution in [2.45, 2.75) is 58.2 Å². The zero-order valence-electron chi connectivity index (χ0n) is 18.1. The average molecular weight is 422 g/mol. The maximum Gasteiger partial charge on any atom is 0.329 e. The summed E-state index contributed by atoms with van der Waals surface area (Å²) >= 11 is 0. The lowest BCUT2D eigenvalue weighted by atomic mass is 10.1. The summed E-state index contributed by atoms with van der Waals surface area (Å²) in [5.74, 6) is 1.28. The van der Waals surface area contributed by atoms with Crippen LogP contribution in [0.4, 0.5) is 5.69 Å². The highest BCUT2D eigenvalue weighted by Crippen LogP contribution is 2.28. The lowest BCUT2D eigenvalue weighted by Crippen LogP contribution is -2.34. The molecule has 0 amide bonds. The molecule has 8 nitrogen and oxygen atoms in total. The van der Waals surface area contributed by atoms with Crippen molar-refractivity contribution < 1.29 is 13.9 Å². The van der Waals surface area contributed by atoms with E-state index in [1.165, 1.54) is 10.8 Å². The minimum atomic E-state index is -0.666. The van der Waals surface area contributed by atoms with Crippen molar-refractivity contribution in [3.05, 3.63) is 64.7 Å². The molecular formula is C23H26N4O4. The minimum Gasteiger partial charge on any atom is -0.458 e. The summed E-state index contributed by atoms with van der Waals surface area (Å²) < 4.78 is 12.8. The SMILES string of the molecule is C[C@@H](Nc1cnc2n(c1=O)[C@H](C(=O)OC(C)(C)C)CC2)c1cnc(-c2ccccc2)o1. The number of aryl methyl sites for hydroxylation is 1. The van der Waals surface area contributed by atoms with E-state index in [2.05, 4.69) is 15.3 Å². The van der Waals surface area contributed by atoms with Crippen LogP contribution in [0.15, 0.2) is 51.9 Å². The van der Waals surface area contributed by atoms with Crippen molar-refractivity contribution in [3.8, 4) is 11.5 Å². The molecule has 0 unspecified atom stereocenters. The average Bonchev–Trinajstić information content (AvgIpc) is 3.37. The Labute approximate surface area is 180 Å². The molecule has 31 heavy (non-hydrogen) atoms. The van der Waals surface area contributed by atoms with Gasteiger partial charge in [-0.25, -0.2) is 14.8 Å². The number of benzene rings is 1. The lowest BCUT2D eigenvalue weighted by molar-refractivity contribution is -0.158. The molecule has 0 fully saturated rings. The van der Waals surface area contributed by atoms with Gasteiger partial charge in [0.2, 0.25) is 5.89 Å². The molecule has 1 aliphatic rings. The lowest BCUT2D eigenvalue weighted by Gasteiger charge is -2.23. The van der Waals surface area contributed by atoms with Crippen LogP contribution in [0.5, 0.6) is 0 Å². The molecule has 8 heteroatoms. The summed E-state index contributed by atoms with van der Waals surface area (Å²) in [5.41, 5.74) is 0.252. The first-order valence-corrected chi connectivity index (χ1v) is 10.3. The van der Waals surface area contributed by atoms with Gasteiger partial charge in [0, 0.05) is 12.0 Å².